The second kappa shape index (κ2) is 5.95. The van der Waals surface area contributed by atoms with Gasteiger partial charge in [0.05, 0.1) is 0 Å². The van der Waals surface area contributed by atoms with E-state index in [0.717, 1.165) is 6.42 Å². The number of rotatable bonds is 3. The molecule has 1 aliphatic rings. The lowest BCUT2D eigenvalue weighted by molar-refractivity contribution is -0.114. The average molecular weight is 299 g/mol. The molecule has 20 heavy (non-hydrogen) atoms. The monoisotopic (exact) mass is 299 g/mol. The van der Waals surface area contributed by atoms with E-state index >= 15 is 0 Å². The standard InChI is InChI=1S/C13H18FN3O2S/c1-4-9-7(2)11(14)12(20-9)17-6-5-10(15-8(3)18)16-13(17)19/h5-7,9,11-12H,4H2,1-3H3,(H,15,16,18,19)/t7-,9-,11+,12-/m1/s1. The minimum Gasteiger partial charge on any atom is -0.311 e. The van der Waals surface area contributed by atoms with E-state index in [4.69, 9.17) is 0 Å². The fraction of sp³-hybridized carbons (Fsp3) is 0.615. The van der Waals surface area contributed by atoms with Gasteiger partial charge in [0, 0.05) is 24.3 Å². The predicted octanol–water partition coefficient (Wildman–Crippen LogP) is 2.20. The highest BCUT2D eigenvalue weighted by Crippen LogP contribution is 2.47. The highest BCUT2D eigenvalue weighted by molar-refractivity contribution is 8.00. The lowest BCUT2D eigenvalue weighted by Gasteiger charge is -2.16. The first-order chi connectivity index (χ1) is 9.43. The van der Waals surface area contributed by atoms with Crippen molar-refractivity contribution in [1.29, 1.82) is 0 Å². The minimum atomic E-state index is -1.07. The maximum Gasteiger partial charge on any atom is 0.350 e. The normalized spacial score (nSPS) is 29.4. The zero-order chi connectivity index (χ0) is 14.9. The van der Waals surface area contributed by atoms with Crippen molar-refractivity contribution in [2.24, 2.45) is 5.92 Å². The first kappa shape index (κ1) is 15.0. The molecule has 1 aliphatic heterocycles. The third-order valence-electron chi connectivity index (χ3n) is 3.49. The van der Waals surface area contributed by atoms with Crippen molar-refractivity contribution in [3.05, 3.63) is 22.7 Å². The Labute approximate surface area is 121 Å². The molecule has 110 valence electrons. The molecular formula is C13H18FN3O2S. The SMILES string of the molecule is CC[C@H]1S[C@@H](n2ccc(NC(C)=O)nc2=O)[C@@H](F)[C@@H]1C. The summed E-state index contributed by atoms with van der Waals surface area (Å²) in [7, 11) is 0. The number of thioether (sulfide) groups is 1. The van der Waals surface area contributed by atoms with Gasteiger partial charge in [0.2, 0.25) is 5.91 Å². The van der Waals surface area contributed by atoms with Crippen molar-refractivity contribution < 1.29 is 9.18 Å². The van der Waals surface area contributed by atoms with Crippen LogP contribution in [0.25, 0.3) is 0 Å². The van der Waals surface area contributed by atoms with E-state index < -0.39 is 17.2 Å². The largest absolute Gasteiger partial charge is 0.350 e. The van der Waals surface area contributed by atoms with Crippen LogP contribution < -0.4 is 11.0 Å². The summed E-state index contributed by atoms with van der Waals surface area (Å²) in [4.78, 5) is 26.7. The number of halogens is 1. The summed E-state index contributed by atoms with van der Waals surface area (Å²) in [5.41, 5.74) is -0.541. The summed E-state index contributed by atoms with van der Waals surface area (Å²) in [5, 5.41) is 2.10. The third-order valence-corrected chi connectivity index (χ3v) is 5.36. The summed E-state index contributed by atoms with van der Waals surface area (Å²) >= 11 is 1.47. The molecule has 2 rings (SSSR count). The fourth-order valence-electron chi connectivity index (χ4n) is 2.39. The predicted molar refractivity (Wildman–Crippen MR) is 77.6 cm³/mol. The highest BCUT2D eigenvalue weighted by atomic mass is 32.2. The molecule has 7 heteroatoms. The number of anilines is 1. The molecule has 1 N–H and O–H groups in total. The summed E-state index contributed by atoms with van der Waals surface area (Å²) in [6.45, 7) is 5.23. The van der Waals surface area contributed by atoms with Crippen molar-refractivity contribution >= 4 is 23.5 Å². The maximum absolute atomic E-state index is 14.3. The van der Waals surface area contributed by atoms with Gasteiger partial charge in [-0.25, -0.2) is 9.18 Å². The van der Waals surface area contributed by atoms with E-state index in [1.54, 1.807) is 0 Å². The number of aromatic nitrogens is 2. The van der Waals surface area contributed by atoms with Gasteiger partial charge in [-0.3, -0.25) is 9.36 Å². The van der Waals surface area contributed by atoms with E-state index in [1.165, 1.54) is 35.5 Å². The Kier molecular flexibility index (Phi) is 4.47. The highest BCUT2D eigenvalue weighted by Gasteiger charge is 2.42. The fourth-order valence-corrected chi connectivity index (χ4v) is 4.02. The van der Waals surface area contributed by atoms with Crippen LogP contribution >= 0.6 is 11.8 Å². The smallest absolute Gasteiger partial charge is 0.311 e. The van der Waals surface area contributed by atoms with Crippen LogP contribution in [-0.2, 0) is 4.79 Å². The van der Waals surface area contributed by atoms with Crippen LogP contribution in [-0.4, -0.2) is 26.9 Å². The van der Waals surface area contributed by atoms with Gasteiger partial charge in [-0.2, -0.15) is 4.98 Å². The van der Waals surface area contributed by atoms with E-state index in [1.807, 2.05) is 13.8 Å². The second-order valence-electron chi connectivity index (χ2n) is 4.96. The van der Waals surface area contributed by atoms with Crippen molar-refractivity contribution in [2.45, 2.75) is 44.0 Å². The molecule has 0 aliphatic carbocycles. The van der Waals surface area contributed by atoms with Crippen LogP contribution in [0.1, 0.15) is 32.6 Å². The first-order valence-corrected chi connectivity index (χ1v) is 7.54. The van der Waals surface area contributed by atoms with Crippen LogP contribution in [0.15, 0.2) is 17.1 Å². The van der Waals surface area contributed by atoms with Gasteiger partial charge in [-0.1, -0.05) is 13.8 Å². The Morgan fingerprint density at radius 3 is 2.80 bits per heavy atom. The van der Waals surface area contributed by atoms with E-state index in [-0.39, 0.29) is 22.9 Å². The molecule has 0 aromatic carbocycles. The van der Waals surface area contributed by atoms with Gasteiger partial charge in [0.1, 0.15) is 17.4 Å². The Bertz CT molecular complexity index is 563. The average Bonchev–Trinajstić information content (AvgIpc) is 2.66. The molecule has 2 heterocycles. The lowest BCUT2D eigenvalue weighted by Crippen LogP contribution is -2.30. The molecule has 1 amide bonds. The minimum absolute atomic E-state index is 0.0862. The van der Waals surface area contributed by atoms with Crippen LogP contribution in [0.2, 0.25) is 0 Å². The topological polar surface area (TPSA) is 64.0 Å². The van der Waals surface area contributed by atoms with Crippen LogP contribution in [0.5, 0.6) is 0 Å². The molecular weight excluding hydrogens is 281 g/mol. The summed E-state index contributed by atoms with van der Waals surface area (Å²) in [6.07, 6.45) is 1.29. The van der Waals surface area contributed by atoms with Crippen LogP contribution in [0, 0.1) is 5.92 Å². The second-order valence-corrected chi connectivity index (χ2v) is 6.32. The van der Waals surface area contributed by atoms with Gasteiger partial charge < -0.3 is 5.32 Å². The number of alkyl halides is 1. The van der Waals surface area contributed by atoms with Gasteiger partial charge >= 0.3 is 5.69 Å². The Hall–Kier alpha value is -1.37. The molecule has 0 bridgehead atoms. The number of nitrogens with one attached hydrogen (secondary N) is 1. The third kappa shape index (κ3) is 2.87. The molecule has 4 atom stereocenters. The van der Waals surface area contributed by atoms with Gasteiger partial charge in [0.25, 0.3) is 0 Å². The molecule has 0 spiro atoms. The summed E-state index contributed by atoms with van der Waals surface area (Å²) < 4.78 is 15.6. The molecule has 1 saturated heterocycles. The molecule has 0 saturated carbocycles. The number of carbonyl (C=O) groups is 1. The van der Waals surface area contributed by atoms with Crippen molar-refractivity contribution in [3.63, 3.8) is 0 Å². The lowest BCUT2D eigenvalue weighted by atomic mass is 10.0. The molecule has 0 radical (unpaired) electrons. The first-order valence-electron chi connectivity index (χ1n) is 6.60. The van der Waals surface area contributed by atoms with E-state index in [2.05, 4.69) is 10.3 Å². The van der Waals surface area contributed by atoms with Crippen LogP contribution in [0.4, 0.5) is 10.2 Å². The number of carbonyl (C=O) groups excluding carboxylic acids is 1. The summed E-state index contributed by atoms with van der Waals surface area (Å²) in [6, 6.07) is 1.51. The van der Waals surface area contributed by atoms with Gasteiger partial charge in [-0.05, 0) is 12.5 Å². The molecule has 1 aromatic heterocycles. The number of amides is 1. The van der Waals surface area contributed by atoms with Gasteiger partial charge in [0.15, 0.2) is 0 Å². The Morgan fingerprint density at radius 1 is 1.60 bits per heavy atom. The number of nitrogens with zero attached hydrogens (tertiary/aromatic N) is 2. The van der Waals surface area contributed by atoms with Crippen molar-refractivity contribution in [1.82, 2.24) is 9.55 Å². The maximum atomic E-state index is 14.3. The molecule has 1 aromatic rings. The van der Waals surface area contributed by atoms with Gasteiger partial charge in [-0.15, -0.1) is 11.8 Å². The number of hydrogen-bond donors (Lipinski definition) is 1. The van der Waals surface area contributed by atoms with Crippen molar-refractivity contribution in [3.8, 4) is 0 Å². The zero-order valence-electron chi connectivity index (χ0n) is 11.7. The van der Waals surface area contributed by atoms with E-state index in [9.17, 15) is 14.0 Å². The quantitative estimate of drug-likeness (QED) is 0.929. The van der Waals surface area contributed by atoms with Crippen LogP contribution in [0.3, 0.4) is 0 Å². The zero-order valence-corrected chi connectivity index (χ0v) is 12.5. The van der Waals surface area contributed by atoms with Crippen molar-refractivity contribution in [2.75, 3.05) is 5.32 Å². The molecule has 1 fully saturated rings. The number of hydrogen-bond acceptors (Lipinski definition) is 4. The van der Waals surface area contributed by atoms with E-state index in [0.29, 0.717) is 0 Å². The Balaban J connectivity index is 2.26. The molecule has 0 unspecified atom stereocenters. The summed E-state index contributed by atoms with van der Waals surface area (Å²) in [5.74, 6) is -0.193. The Morgan fingerprint density at radius 2 is 2.30 bits per heavy atom. The molecule has 5 nitrogen and oxygen atoms in total.